The molecule has 0 aliphatic carbocycles. The van der Waals surface area contributed by atoms with Crippen molar-refractivity contribution in [3.8, 4) is 0 Å². The van der Waals surface area contributed by atoms with Crippen LogP contribution in [0.2, 0.25) is 0 Å². The topological polar surface area (TPSA) is 97.7 Å². The van der Waals surface area contributed by atoms with Crippen molar-refractivity contribution in [3.05, 3.63) is 0 Å². The van der Waals surface area contributed by atoms with Crippen LogP contribution in [0.1, 0.15) is 32.6 Å². The Bertz CT molecular complexity index is 336. The van der Waals surface area contributed by atoms with Gasteiger partial charge in [0.15, 0.2) is 0 Å². The quantitative estimate of drug-likeness (QED) is 0.269. The summed E-state index contributed by atoms with van der Waals surface area (Å²) >= 11 is 2.33. The van der Waals surface area contributed by atoms with Gasteiger partial charge in [0.05, 0.1) is 22.4 Å². The maximum atomic E-state index is 10.8. The minimum absolute atomic E-state index is 0. The van der Waals surface area contributed by atoms with Crippen LogP contribution in [0.3, 0.4) is 0 Å². The molecule has 0 aromatic carbocycles. The van der Waals surface area contributed by atoms with Gasteiger partial charge in [-0.05, 0) is 19.8 Å². The van der Waals surface area contributed by atoms with Gasteiger partial charge in [-0.2, -0.15) is 0 Å². The molecule has 2 unspecified atom stereocenters. The van der Waals surface area contributed by atoms with E-state index < -0.39 is 11.4 Å². The average molecular weight is 317 g/mol. The third kappa shape index (κ3) is 10.7. The molecular formula is C10H16NNaO5S2. The molecule has 1 N–H and O–H groups in total. The Morgan fingerprint density at radius 3 is 2.53 bits per heavy atom. The second-order valence-corrected chi connectivity index (χ2v) is 4.76. The van der Waals surface area contributed by atoms with Crippen molar-refractivity contribution < 1.29 is 52.5 Å². The van der Waals surface area contributed by atoms with Gasteiger partial charge in [0.25, 0.3) is 0 Å². The van der Waals surface area contributed by atoms with Crippen molar-refractivity contribution in [2.45, 2.75) is 38.6 Å². The molecule has 104 valence electrons. The van der Waals surface area contributed by atoms with Gasteiger partial charge in [-0.3, -0.25) is 0 Å². The van der Waals surface area contributed by atoms with E-state index in [0.717, 1.165) is 30.7 Å². The number of aldehydes is 1. The number of Topliss-reactive ketones (excluding diaryl/α,β-unsaturated/α-hetero) is 1. The number of rotatable bonds is 4. The first kappa shape index (κ1) is 21.6. The van der Waals surface area contributed by atoms with Crippen LogP contribution in [-0.4, -0.2) is 47.9 Å². The summed E-state index contributed by atoms with van der Waals surface area (Å²) in [6.45, 7) is 2.42. The average Bonchev–Trinajstić information content (AvgIpc) is 2.73. The molecule has 0 bridgehead atoms. The van der Waals surface area contributed by atoms with Crippen molar-refractivity contribution in [2.75, 3.05) is 6.54 Å². The summed E-state index contributed by atoms with van der Waals surface area (Å²) in [5.74, 6) is 0.147. The van der Waals surface area contributed by atoms with Crippen molar-refractivity contribution in [1.29, 1.82) is 0 Å². The van der Waals surface area contributed by atoms with Crippen molar-refractivity contribution in [2.24, 2.45) is 0 Å². The predicted octanol–water partition coefficient (Wildman–Crippen LogP) is -2.31. The largest absolute Gasteiger partial charge is 1.00 e. The van der Waals surface area contributed by atoms with Crippen LogP contribution in [0.5, 0.6) is 0 Å². The molecule has 1 aliphatic heterocycles. The summed E-state index contributed by atoms with van der Waals surface area (Å²) in [4.78, 5) is 24.2. The van der Waals surface area contributed by atoms with Gasteiger partial charge in [-0.15, -0.1) is 0 Å². The molecule has 19 heavy (non-hydrogen) atoms. The van der Waals surface area contributed by atoms with E-state index in [2.05, 4.69) is 0 Å². The number of ketones is 1. The fourth-order valence-electron chi connectivity index (χ4n) is 1.67. The minimum Gasteiger partial charge on any atom is -0.750 e. The Morgan fingerprint density at radius 2 is 2.11 bits per heavy atom. The Morgan fingerprint density at radius 1 is 1.58 bits per heavy atom. The Balaban J connectivity index is 0. The fraction of sp³-hybridized carbons (Fsp3) is 0.700. The molecule has 0 aromatic heterocycles. The number of hydrogen-bond acceptors (Lipinski definition) is 5. The first-order valence-corrected chi connectivity index (χ1v) is 6.85. The van der Waals surface area contributed by atoms with Crippen LogP contribution >= 0.6 is 12.2 Å². The monoisotopic (exact) mass is 317 g/mol. The third-order valence-corrected chi connectivity index (χ3v) is 2.91. The molecule has 1 rings (SSSR count). The van der Waals surface area contributed by atoms with Gasteiger partial charge in [0, 0.05) is 19.4 Å². The van der Waals surface area contributed by atoms with Gasteiger partial charge in [-0.25, -0.2) is 4.21 Å². The van der Waals surface area contributed by atoms with Crippen LogP contribution in [-0.2, 0) is 21.0 Å². The van der Waals surface area contributed by atoms with Crippen LogP contribution in [0.15, 0.2) is 0 Å². The second kappa shape index (κ2) is 12.1. The maximum Gasteiger partial charge on any atom is 1.00 e. The first-order chi connectivity index (χ1) is 8.38. The van der Waals surface area contributed by atoms with Gasteiger partial charge >= 0.3 is 29.6 Å². The molecule has 1 aliphatic rings. The van der Waals surface area contributed by atoms with Crippen molar-refractivity contribution in [1.82, 2.24) is 4.90 Å². The number of thiocarbonyl (C=S) groups is 1. The Hall–Kier alpha value is 0.300. The minimum atomic E-state index is -2.86. The van der Waals surface area contributed by atoms with E-state index in [0.29, 0.717) is 12.8 Å². The van der Waals surface area contributed by atoms with E-state index in [1.54, 1.807) is 6.92 Å². The molecule has 1 saturated heterocycles. The SMILES string of the molecule is CC(=O)CCC(=S)N1CCCC1C=O.O=S([O-])O.[Na+]. The Kier molecular flexibility index (Phi) is 13.7. The number of likely N-dealkylation sites (tertiary alicyclic amines) is 1. The van der Waals surface area contributed by atoms with Crippen molar-refractivity contribution >= 4 is 40.6 Å². The van der Waals surface area contributed by atoms with E-state index in [4.69, 9.17) is 25.5 Å². The molecule has 1 fully saturated rings. The van der Waals surface area contributed by atoms with Gasteiger partial charge in [0.1, 0.15) is 12.1 Å². The Labute approximate surface area is 142 Å². The zero-order valence-electron chi connectivity index (χ0n) is 11.0. The van der Waals surface area contributed by atoms with Crippen molar-refractivity contribution in [3.63, 3.8) is 0 Å². The predicted molar refractivity (Wildman–Crippen MR) is 69.9 cm³/mol. The molecule has 0 radical (unpaired) electrons. The van der Waals surface area contributed by atoms with Gasteiger partial charge in [-0.1, -0.05) is 12.2 Å². The van der Waals surface area contributed by atoms with Gasteiger partial charge < -0.3 is 23.6 Å². The van der Waals surface area contributed by atoms with Gasteiger partial charge in [0.2, 0.25) is 0 Å². The molecule has 6 nitrogen and oxygen atoms in total. The first-order valence-electron chi connectivity index (χ1n) is 5.41. The standard InChI is InChI=1S/C10H15NO2S.Na.H2O3S/c1-8(13)4-5-10(14)11-6-2-3-9(11)7-12;;1-4(2)3/h7,9H,2-6H2,1H3;;(H2,1,2,3)/q;+1;/p-1. The smallest absolute Gasteiger partial charge is 0.750 e. The summed E-state index contributed by atoms with van der Waals surface area (Å²) in [7, 11) is 0. The number of carbonyl (C=O) groups excluding carboxylic acids is 2. The number of nitrogens with zero attached hydrogens (tertiary/aromatic N) is 1. The van der Waals surface area contributed by atoms with Crippen LogP contribution in [0.4, 0.5) is 0 Å². The van der Waals surface area contributed by atoms with Crippen LogP contribution in [0, 0.1) is 0 Å². The molecule has 0 amide bonds. The van der Waals surface area contributed by atoms with E-state index >= 15 is 0 Å². The van der Waals surface area contributed by atoms with E-state index in [1.165, 1.54) is 0 Å². The maximum absolute atomic E-state index is 10.8. The molecular weight excluding hydrogens is 301 g/mol. The van der Waals surface area contributed by atoms with Crippen LogP contribution < -0.4 is 29.6 Å². The van der Waals surface area contributed by atoms with E-state index in [1.807, 2.05) is 4.90 Å². The normalized spacial score (nSPS) is 18.7. The molecule has 0 spiro atoms. The fourth-order valence-corrected chi connectivity index (χ4v) is 2.00. The molecule has 9 heteroatoms. The second-order valence-electron chi connectivity index (χ2n) is 3.85. The summed E-state index contributed by atoms with van der Waals surface area (Å²) in [6, 6.07) is -0.0468. The number of carbonyl (C=O) groups is 2. The van der Waals surface area contributed by atoms with E-state index in [9.17, 15) is 9.59 Å². The number of hydrogen-bond donors (Lipinski definition) is 1. The summed E-state index contributed by atoms with van der Waals surface area (Å²) in [5, 5.41) is 0. The molecule has 0 saturated carbocycles. The zero-order valence-corrected chi connectivity index (χ0v) is 14.7. The third-order valence-electron chi connectivity index (χ3n) is 2.47. The zero-order chi connectivity index (χ0) is 14.1. The summed E-state index contributed by atoms with van der Waals surface area (Å²) in [5.41, 5.74) is 0. The summed E-state index contributed by atoms with van der Waals surface area (Å²) in [6.07, 6.45) is 3.95. The van der Waals surface area contributed by atoms with Crippen LogP contribution in [0.25, 0.3) is 0 Å². The summed E-state index contributed by atoms with van der Waals surface area (Å²) < 4.78 is 24.1. The molecule has 2 atom stereocenters. The van der Waals surface area contributed by atoms with E-state index in [-0.39, 0.29) is 41.4 Å². The molecule has 0 aromatic rings. The molecule has 1 heterocycles.